The third kappa shape index (κ3) is 4.09. The van der Waals surface area contributed by atoms with Crippen LogP contribution in [0.5, 0.6) is 11.5 Å². The Labute approximate surface area is 180 Å². The van der Waals surface area contributed by atoms with Crippen LogP contribution in [0.25, 0.3) is 0 Å². The summed E-state index contributed by atoms with van der Waals surface area (Å²) in [6, 6.07) is 7.20. The first-order valence-corrected chi connectivity index (χ1v) is 10.8. The number of ether oxygens (including phenoxy) is 2. The summed E-state index contributed by atoms with van der Waals surface area (Å²) in [5.41, 5.74) is 7.18. The predicted octanol–water partition coefficient (Wildman–Crippen LogP) is 5.17. The van der Waals surface area contributed by atoms with E-state index in [9.17, 15) is 0 Å². The zero-order chi connectivity index (χ0) is 22.0. The van der Waals surface area contributed by atoms with Gasteiger partial charge in [0.2, 0.25) is 0 Å². The molecule has 2 aromatic carbocycles. The molecule has 0 saturated heterocycles. The van der Waals surface area contributed by atoms with Crippen molar-refractivity contribution >= 4 is 29.1 Å². The Hall–Kier alpha value is -2.74. The summed E-state index contributed by atoms with van der Waals surface area (Å²) >= 11 is 1.14. The SMILES string of the molecule is CCC(C)Oc1c(F)c(Sc2ccccc2N)c(OC(C)CC)c2c1C(=N)NC2=N. The second-order valence-corrected chi connectivity index (χ2v) is 8.29. The minimum Gasteiger partial charge on any atom is -0.489 e. The highest BCUT2D eigenvalue weighted by atomic mass is 32.2. The fourth-order valence-corrected chi connectivity index (χ4v) is 3.92. The van der Waals surface area contributed by atoms with Crippen LogP contribution in [0.3, 0.4) is 0 Å². The Bertz CT molecular complexity index is 996. The Morgan fingerprint density at radius 1 is 1.00 bits per heavy atom. The van der Waals surface area contributed by atoms with Gasteiger partial charge in [-0.15, -0.1) is 0 Å². The van der Waals surface area contributed by atoms with Crippen molar-refractivity contribution in [2.24, 2.45) is 0 Å². The Morgan fingerprint density at radius 2 is 1.53 bits per heavy atom. The van der Waals surface area contributed by atoms with E-state index in [2.05, 4.69) is 5.32 Å². The molecule has 2 unspecified atom stereocenters. The van der Waals surface area contributed by atoms with Gasteiger partial charge in [-0.2, -0.15) is 0 Å². The van der Waals surface area contributed by atoms with E-state index in [1.807, 2.05) is 39.8 Å². The van der Waals surface area contributed by atoms with E-state index >= 15 is 4.39 Å². The van der Waals surface area contributed by atoms with Crippen molar-refractivity contribution in [1.29, 1.82) is 10.8 Å². The molecule has 1 aliphatic heterocycles. The van der Waals surface area contributed by atoms with Gasteiger partial charge in [0.05, 0.1) is 28.2 Å². The number of halogens is 1. The highest BCUT2D eigenvalue weighted by Crippen LogP contribution is 2.48. The number of hydrogen-bond acceptors (Lipinski definition) is 6. The van der Waals surface area contributed by atoms with E-state index in [-0.39, 0.29) is 45.8 Å². The van der Waals surface area contributed by atoms with Crippen LogP contribution in [0.1, 0.15) is 51.7 Å². The van der Waals surface area contributed by atoms with Crippen molar-refractivity contribution in [3.63, 3.8) is 0 Å². The molecule has 3 rings (SSSR count). The summed E-state index contributed by atoms with van der Waals surface area (Å²) in [5.74, 6) is -0.488. The van der Waals surface area contributed by atoms with Crippen molar-refractivity contribution in [2.45, 2.75) is 62.5 Å². The second-order valence-electron chi connectivity index (χ2n) is 7.24. The summed E-state index contributed by atoms with van der Waals surface area (Å²) in [5, 5.41) is 19.3. The van der Waals surface area contributed by atoms with Crippen molar-refractivity contribution in [2.75, 3.05) is 5.73 Å². The fourth-order valence-electron chi connectivity index (χ4n) is 2.95. The summed E-state index contributed by atoms with van der Waals surface area (Å²) in [7, 11) is 0. The lowest BCUT2D eigenvalue weighted by Crippen LogP contribution is -2.21. The first-order valence-electron chi connectivity index (χ1n) is 9.98. The van der Waals surface area contributed by atoms with Gasteiger partial charge >= 0.3 is 0 Å². The molecule has 0 amide bonds. The van der Waals surface area contributed by atoms with E-state index in [0.717, 1.165) is 11.8 Å². The lowest BCUT2D eigenvalue weighted by Gasteiger charge is -2.23. The number of nitrogens with two attached hydrogens (primary N) is 1. The average molecular weight is 431 g/mol. The van der Waals surface area contributed by atoms with Gasteiger partial charge in [0.25, 0.3) is 0 Å². The topological polar surface area (TPSA) is 104 Å². The number of anilines is 1. The van der Waals surface area contributed by atoms with E-state index in [1.165, 1.54) is 0 Å². The van der Waals surface area contributed by atoms with Gasteiger partial charge in [-0.1, -0.05) is 37.7 Å². The minimum atomic E-state index is -0.609. The number of rotatable bonds is 8. The molecule has 0 aromatic heterocycles. The van der Waals surface area contributed by atoms with Crippen molar-refractivity contribution in [1.82, 2.24) is 5.32 Å². The highest BCUT2D eigenvalue weighted by molar-refractivity contribution is 7.99. The van der Waals surface area contributed by atoms with Crippen molar-refractivity contribution in [3.05, 3.63) is 41.2 Å². The van der Waals surface area contributed by atoms with Crippen molar-refractivity contribution in [3.8, 4) is 11.5 Å². The van der Waals surface area contributed by atoms with Gasteiger partial charge in [-0.3, -0.25) is 10.8 Å². The zero-order valence-corrected chi connectivity index (χ0v) is 18.4. The number of amidine groups is 2. The molecule has 0 aliphatic carbocycles. The maximum Gasteiger partial charge on any atom is 0.183 e. The van der Waals surface area contributed by atoms with E-state index in [4.69, 9.17) is 26.0 Å². The maximum absolute atomic E-state index is 15.9. The number of nitrogen functional groups attached to an aromatic ring is 1. The first-order chi connectivity index (χ1) is 14.3. The van der Waals surface area contributed by atoms with Gasteiger partial charge in [0, 0.05) is 10.6 Å². The van der Waals surface area contributed by atoms with E-state index in [1.54, 1.807) is 12.1 Å². The Balaban J connectivity index is 2.28. The van der Waals surface area contributed by atoms with Gasteiger partial charge in [0.1, 0.15) is 17.4 Å². The predicted molar refractivity (Wildman–Crippen MR) is 119 cm³/mol. The quantitative estimate of drug-likeness (QED) is 0.433. The lowest BCUT2D eigenvalue weighted by molar-refractivity contribution is 0.196. The third-order valence-corrected chi connectivity index (χ3v) is 6.14. The lowest BCUT2D eigenvalue weighted by atomic mass is 10.1. The molecule has 8 heteroatoms. The molecular weight excluding hydrogens is 403 g/mol. The summed E-state index contributed by atoms with van der Waals surface area (Å²) in [4.78, 5) is 0.874. The van der Waals surface area contributed by atoms with Crippen LogP contribution in [0.4, 0.5) is 10.1 Å². The van der Waals surface area contributed by atoms with Gasteiger partial charge in [0.15, 0.2) is 11.6 Å². The van der Waals surface area contributed by atoms with Crippen LogP contribution in [-0.4, -0.2) is 23.9 Å². The average Bonchev–Trinajstić information content (AvgIpc) is 3.02. The third-order valence-electron chi connectivity index (χ3n) is 4.98. The van der Waals surface area contributed by atoms with Crippen LogP contribution in [-0.2, 0) is 0 Å². The van der Waals surface area contributed by atoms with Crippen molar-refractivity contribution < 1.29 is 13.9 Å². The number of fused-ring (bicyclic) bond motifs is 1. The molecule has 30 heavy (non-hydrogen) atoms. The summed E-state index contributed by atoms with van der Waals surface area (Å²) < 4.78 is 27.9. The van der Waals surface area contributed by atoms with Gasteiger partial charge < -0.3 is 20.5 Å². The normalized spacial score (nSPS) is 14.8. The molecule has 2 aromatic rings. The molecule has 1 aliphatic rings. The standard InChI is InChI=1S/C22H27FN4O2S/c1-5-11(3)28-18-15-16(22(26)27-21(15)25)19(29-12(4)6-2)20(17(18)23)30-14-10-8-7-9-13(14)24/h7-12H,5-6,24H2,1-4H3,(H3,25,26,27). The van der Waals surface area contributed by atoms with Crippen LogP contribution >= 0.6 is 11.8 Å². The molecule has 0 saturated carbocycles. The van der Waals surface area contributed by atoms with Gasteiger partial charge in [-0.25, -0.2) is 4.39 Å². The summed E-state index contributed by atoms with van der Waals surface area (Å²) in [6.07, 6.45) is 0.917. The first kappa shape index (κ1) is 22.0. The molecule has 2 atom stereocenters. The number of para-hydroxylation sites is 1. The largest absolute Gasteiger partial charge is 0.489 e. The molecule has 0 fully saturated rings. The molecule has 0 radical (unpaired) electrons. The zero-order valence-electron chi connectivity index (χ0n) is 17.6. The van der Waals surface area contributed by atoms with Crippen LogP contribution in [0.15, 0.2) is 34.1 Å². The minimum absolute atomic E-state index is 0.00908. The summed E-state index contributed by atoms with van der Waals surface area (Å²) in [6.45, 7) is 7.63. The monoisotopic (exact) mass is 430 g/mol. The number of hydrogen-bond donors (Lipinski definition) is 4. The van der Waals surface area contributed by atoms with Crippen LogP contribution in [0, 0.1) is 16.6 Å². The Kier molecular flexibility index (Phi) is 6.55. The number of benzene rings is 2. The second kappa shape index (κ2) is 8.95. The van der Waals surface area contributed by atoms with E-state index in [0.29, 0.717) is 29.0 Å². The number of nitrogens with one attached hydrogen (secondary N) is 3. The fraction of sp³-hybridized carbons (Fsp3) is 0.364. The van der Waals surface area contributed by atoms with Crippen LogP contribution in [0.2, 0.25) is 0 Å². The van der Waals surface area contributed by atoms with Crippen LogP contribution < -0.4 is 20.5 Å². The molecule has 0 spiro atoms. The van der Waals surface area contributed by atoms with Gasteiger partial charge in [-0.05, 0) is 38.8 Å². The molecule has 1 heterocycles. The maximum atomic E-state index is 15.9. The molecule has 6 nitrogen and oxygen atoms in total. The Morgan fingerprint density at radius 3 is 2.10 bits per heavy atom. The van der Waals surface area contributed by atoms with E-state index < -0.39 is 5.82 Å². The molecule has 160 valence electrons. The molecule has 0 bridgehead atoms. The smallest absolute Gasteiger partial charge is 0.183 e. The molecule has 5 N–H and O–H groups in total. The molecular formula is C22H27FN4O2S. The highest BCUT2D eigenvalue weighted by Gasteiger charge is 2.36.